The molecule has 0 bridgehead atoms. The van der Waals surface area contributed by atoms with Gasteiger partial charge in [-0.1, -0.05) is 18.2 Å². The summed E-state index contributed by atoms with van der Waals surface area (Å²) in [6.45, 7) is 0. The van der Waals surface area contributed by atoms with Crippen LogP contribution in [0.2, 0.25) is 0 Å². The maximum absolute atomic E-state index is 10.3. The standard InChI is InChI=1S/C8H6O4.Cu/c9-7(10)5-2-1-3-6(4-5)8(11)12;/h1-4H,(H,9,10)(H,11,12);/q;+2/p-2. The van der Waals surface area contributed by atoms with Crippen LogP contribution in [0.1, 0.15) is 20.7 Å². The molecular formula is C8H4CuO4. The Morgan fingerprint density at radius 2 is 1.38 bits per heavy atom. The first kappa shape index (κ1) is 11.7. The normalized spacial score (nSPS) is 8.62. The summed E-state index contributed by atoms with van der Waals surface area (Å²) in [5, 5.41) is 20.5. The van der Waals surface area contributed by atoms with Crippen LogP contribution in [0.5, 0.6) is 0 Å². The third kappa shape index (κ3) is 2.89. The van der Waals surface area contributed by atoms with Crippen LogP contribution in [0.4, 0.5) is 0 Å². The summed E-state index contributed by atoms with van der Waals surface area (Å²) in [4.78, 5) is 20.5. The number of rotatable bonds is 2. The number of benzene rings is 1. The first-order chi connectivity index (χ1) is 5.61. The van der Waals surface area contributed by atoms with E-state index in [1.165, 1.54) is 18.2 Å². The minimum absolute atomic E-state index is 0. The smallest absolute Gasteiger partial charge is 0.545 e. The van der Waals surface area contributed by atoms with E-state index >= 15 is 0 Å². The van der Waals surface area contributed by atoms with Crippen LogP contribution in [0.3, 0.4) is 0 Å². The first-order valence-corrected chi connectivity index (χ1v) is 3.14. The molecule has 71 valence electrons. The van der Waals surface area contributed by atoms with Crippen molar-refractivity contribution < 1.29 is 36.9 Å². The molecule has 0 saturated carbocycles. The van der Waals surface area contributed by atoms with Crippen LogP contribution in [-0.4, -0.2) is 11.9 Å². The molecule has 0 spiro atoms. The van der Waals surface area contributed by atoms with Gasteiger partial charge in [0, 0.05) is 0 Å². The summed E-state index contributed by atoms with van der Waals surface area (Å²) >= 11 is 0. The minimum atomic E-state index is -1.40. The quantitative estimate of drug-likeness (QED) is 0.571. The molecule has 1 aromatic rings. The predicted molar refractivity (Wildman–Crippen MR) is 35.1 cm³/mol. The van der Waals surface area contributed by atoms with Crippen LogP contribution in [-0.2, 0) is 17.1 Å². The van der Waals surface area contributed by atoms with Crippen LogP contribution in [0, 0.1) is 0 Å². The number of hydrogen-bond donors (Lipinski definition) is 0. The number of carboxylic acid groups (broad SMARTS) is 2. The van der Waals surface area contributed by atoms with Gasteiger partial charge in [-0.15, -0.1) is 0 Å². The van der Waals surface area contributed by atoms with Crippen LogP contribution < -0.4 is 10.2 Å². The summed E-state index contributed by atoms with van der Waals surface area (Å²) in [5.41, 5.74) is -0.339. The molecule has 1 aromatic carbocycles. The van der Waals surface area contributed by atoms with Crippen molar-refractivity contribution in [3.05, 3.63) is 35.4 Å². The molecule has 1 rings (SSSR count). The van der Waals surface area contributed by atoms with E-state index in [1.807, 2.05) is 0 Å². The monoisotopic (exact) mass is 227 g/mol. The van der Waals surface area contributed by atoms with Crippen molar-refractivity contribution in [2.24, 2.45) is 0 Å². The zero-order valence-electron chi connectivity index (χ0n) is 6.24. The summed E-state index contributed by atoms with van der Waals surface area (Å²) in [6, 6.07) is 4.81. The third-order valence-electron chi connectivity index (χ3n) is 1.33. The fourth-order valence-corrected chi connectivity index (χ4v) is 0.773. The number of hydrogen-bond acceptors (Lipinski definition) is 4. The maximum atomic E-state index is 10.3. The number of carbonyl (C=O) groups excluding carboxylic acids is 2. The maximum Gasteiger partial charge on any atom is 2.00 e. The van der Waals surface area contributed by atoms with Gasteiger partial charge in [-0.25, -0.2) is 0 Å². The molecule has 0 aliphatic heterocycles. The SMILES string of the molecule is O=C([O-])c1cccc(C(=O)[O-])c1.[Cu+2]. The molecule has 0 unspecified atom stereocenters. The second kappa shape index (κ2) is 4.64. The Balaban J connectivity index is 0.00000144. The molecule has 0 aliphatic rings. The van der Waals surface area contributed by atoms with Gasteiger partial charge in [0.25, 0.3) is 0 Å². The topological polar surface area (TPSA) is 80.3 Å². The molecule has 4 nitrogen and oxygen atoms in total. The largest absolute Gasteiger partial charge is 2.00 e. The fraction of sp³-hybridized carbons (Fsp3) is 0. The minimum Gasteiger partial charge on any atom is -0.545 e. The van der Waals surface area contributed by atoms with E-state index in [4.69, 9.17) is 0 Å². The van der Waals surface area contributed by atoms with Crippen molar-refractivity contribution in [1.82, 2.24) is 0 Å². The summed E-state index contributed by atoms with van der Waals surface area (Å²) in [6.07, 6.45) is 0. The Kier molecular flexibility index (Phi) is 4.17. The van der Waals surface area contributed by atoms with Crippen molar-refractivity contribution >= 4 is 11.9 Å². The van der Waals surface area contributed by atoms with Gasteiger partial charge in [-0.3, -0.25) is 0 Å². The van der Waals surface area contributed by atoms with Gasteiger partial charge in [0.2, 0.25) is 0 Å². The molecule has 1 radical (unpaired) electrons. The molecular weight excluding hydrogens is 224 g/mol. The van der Waals surface area contributed by atoms with Crippen LogP contribution in [0.25, 0.3) is 0 Å². The van der Waals surface area contributed by atoms with E-state index < -0.39 is 11.9 Å². The van der Waals surface area contributed by atoms with Crippen LogP contribution in [0.15, 0.2) is 24.3 Å². The van der Waals surface area contributed by atoms with Crippen molar-refractivity contribution in [3.63, 3.8) is 0 Å². The Morgan fingerprint density at radius 1 is 1.00 bits per heavy atom. The van der Waals surface area contributed by atoms with Gasteiger partial charge in [-0.05, 0) is 17.2 Å². The predicted octanol–water partition coefficient (Wildman–Crippen LogP) is -1.59. The molecule has 0 N–H and O–H groups in total. The molecule has 0 atom stereocenters. The molecule has 13 heavy (non-hydrogen) atoms. The van der Waals surface area contributed by atoms with Crippen molar-refractivity contribution in [2.75, 3.05) is 0 Å². The van der Waals surface area contributed by atoms with E-state index in [0.717, 1.165) is 6.07 Å². The zero-order valence-corrected chi connectivity index (χ0v) is 7.19. The second-order valence-corrected chi connectivity index (χ2v) is 2.16. The summed E-state index contributed by atoms with van der Waals surface area (Å²) < 4.78 is 0. The Bertz CT molecular complexity index is 305. The Labute approximate surface area is 84.7 Å². The van der Waals surface area contributed by atoms with E-state index in [0.29, 0.717) is 0 Å². The number of aromatic carboxylic acids is 2. The molecule has 0 aromatic heterocycles. The summed E-state index contributed by atoms with van der Waals surface area (Å²) in [5.74, 6) is -2.81. The van der Waals surface area contributed by atoms with Crippen molar-refractivity contribution in [1.29, 1.82) is 0 Å². The van der Waals surface area contributed by atoms with E-state index in [1.54, 1.807) is 0 Å². The van der Waals surface area contributed by atoms with Gasteiger partial charge in [-0.2, -0.15) is 0 Å². The zero-order chi connectivity index (χ0) is 9.14. The first-order valence-electron chi connectivity index (χ1n) is 3.14. The third-order valence-corrected chi connectivity index (χ3v) is 1.33. The number of carbonyl (C=O) groups is 2. The molecule has 5 heteroatoms. The van der Waals surface area contributed by atoms with E-state index in [-0.39, 0.29) is 28.2 Å². The molecule has 0 saturated heterocycles. The van der Waals surface area contributed by atoms with E-state index in [9.17, 15) is 19.8 Å². The van der Waals surface area contributed by atoms with Crippen LogP contribution >= 0.6 is 0 Å². The van der Waals surface area contributed by atoms with Gasteiger partial charge in [0.05, 0.1) is 11.9 Å². The van der Waals surface area contributed by atoms with Gasteiger partial charge >= 0.3 is 17.1 Å². The van der Waals surface area contributed by atoms with E-state index in [2.05, 4.69) is 0 Å². The average Bonchev–Trinajstić information content (AvgIpc) is 2.04. The fourth-order valence-electron chi connectivity index (χ4n) is 0.773. The van der Waals surface area contributed by atoms with Gasteiger partial charge < -0.3 is 19.8 Å². The summed E-state index contributed by atoms with van der Waals surface area (Å²) in [7, 11) is 0. The second-order valence-electron chi connectivity index (χ2n) is 2.16. The van der Waals surface area contributed by atoms with Crippen molar-refractivity contribution in [3.8, 4) is 0 Å². The van der Waals surface area contributed by atoms with Gasteiger partial charge in [0.1, 0.15) is 0 Å². The molecule has 0 fully saturated rings. The average molecular weight is 228 g/mol. The Morgan fingerprint density at radius 3 is 1.69 bits per heavy atom. The van der Waals surface area contributed by atoms with Gasteiger partial charge in [0.15, 0.2) is 0 Å². The molecule has 0 heterocycles. The molecule has 0 aliphatic carbocycles. The molecule has 0 amide bonds. The number of carboxylic acids is 2. The van der Waals surface area contributed by atoms with Crippen molar-refractivity contribution in [2.45, 2.75) is 0 Å². The Hall–Kier alpha value is -1.32.